The fraction of sp³-hybridized carbons (Fsp3) is 0.444. The van der Waals surface area contributed by atoms with E-state index in [1.165, 1.54) is 5.57 Å². The first kappa shape index (κ1) is 7.26. The fourth-order valence-electron chi connectivity index (χ4n) is 1.05. The van der Waals surface area contributed by atoms with Gasteiger partial charge in [-0.3, -0.25) is 4.79 Å². The number of rotatable bonds is 2. The smallest absolute Gasteiger partial charge is 0.146 e. The minimum Gasteiger partial charge on any atom is -0.298 e. The van der Waals surface area contributed by atoms with Crippen LogP contribution < -0.4 is 0 Å². The van der Waals surface area contributed by atoms with Gasteiger partial charge in [0.25, 0.3) is 0 Å². The van der Waals surface area contributed by atoms with Gasteiger partial charge >= 0.3 is 0 Å². The molecule has 1 nitrogen and oxygen atoms in total. The molecule has 0 spiro atoms. The van der Waals surface area contributed by atoms with Crippen molar-refractivity contribution in [1.29, 1.82) is 0 Å². The lowest BCUT2D eigenvalue weighted by Gasteiger charge is -2.00. The fourth-order valence-corrected chi connectivity index (χ4v) is 1.05. The van der Waals surface area contributed by atoms with Crippen LogP contribution in [0.5, 0.6) is 0 Å². The molecule has 0 heterocycles. The van der Waals surface area contributed by atoms with Crippen molar-refractivity contribution in [1.82, 2.24) is 0 Å². The molecule has 1 heteroatoms. The van der Waals surface area contributed by atoms with Crippen molar-refractivity contribution in [3.8, 4) is 0 Å². The van der Waals surface area contributed by atoms with E-state index >= 15 is 0 Å². The molecule has 0 aromatic heterocycles. The summed E-state index contributed by atoms with van der Waals surface area (Å²) >= 11 is 0. The van der Waals surface area contributed by atoms with Crippen molar-refractivity contribution in [2.45, 2.75) is 20.3 Å². The van der Waals surface area contributed by atoms with Crippen molar-refractivity contribution >= 4 is 6.29 Å². The molecule has 0 radical (unpaired) electrons. The van der Waals surface area contributed by atoms with Gasteiger partial charge in [0, 0.05) is 0 Å². The lowest BCUT2D eigenvalue weighted by Crippen LogP contribution is -1.86. The number of hydrogen-bond acceptors (Lipinski definition) is 1. The monoisotopic (exact) mass is 136 g/mol. The maximum absolute atomic E-state index is 10.3. The summed E-state index contributed by atoms with van der Waals surface area (Å²) in [6.45, 7) is 4.27. The Labute approximate surface area is 61.4 Å². The van der Waals surface area contributed by atoms with Crippen LogP contribution >= 0.6 is 0 Å². The summed E-state index contributed by atoms with van der Waals surface area (Å²) in [5.41, 5.74) is 2.20. The third-order valence-electron chi connectivity index (χ3n) is 1.74. The van der Waals surface area contributed by atoms with Crippen LogP contribution in [0.4, 0.5) is 0 Å². The normalized spacial score (nSPS) is 17.1. The van der Waals surface area contributed by atoms with Gasteiger partial charge < -0.3 is 0 Å². The second-order valence-electron chi connectivity index (χ2n) is 2.90. The Bertz CT molecular complexity index is 197. The van der Waals surface area contributed by atoms with E-state index in [1.54, 1.807) is 0 Å². The van der Waals surface area contributed by atoms with E-state index in [-0.39, 0.29) is 0 Å². The summed E-state index contributed by atoms with van der Waals surface area (Å²) in [6.07, 6.45) is 5.87. The highest BCUT2D eigenvalue weighted by Gasteiger charge is 2.07. The van der Waals surface area contributed by atoms with Crippen LogP contribution in [-0.4, -0.2) is 6.29 Å². The van der Waals surface area contributed by atoms with Gasteiger partial charge in [-0.1, -0.05) is 26.0 Å². The second kappa shape index (κ2) is 2.82. The van der Waals surface area contributed by atoms with Gasteiger partial charge in [0.1, 0.15) is 6.29 Å². The molecule has 10 heavy (non-hydrogen) atoms. The van der Waals surface area contributed by atoms with E-state index in [1.807, 2.05) is 6.08 Å². The lowest BCUT2D eigenvalue weighted by molar-refractivity contribution is -0.104. The Morgan fingerprint density at radius 2 is 2.30 bits per heavy atom. The Morgan fingerprint density at radius 3 is 2.60 bits per heavy atom. The molecule has 0 unspecified atom stereocenters. The molecule has 1 aliphatic rings. The van der Waals surface area contributed by atoms with Gasteiger partial charge in [0.15, 0.2) is 0 Å². The Kier molecular flexibility index (Phi) is 2.05. The molecule has 0 N–H and O–H groups in total. The van der Waals surface area contributed by atoms with Gasteiger partial charge in [-0.15, -0.1) is 0 Å². The predicted octanol–water partition coefficient (Wildman–Crippen LogP) is 2.10. The summed E-state index contributed by atoms with van der Waals surface area (Å²) in [7, 11) is 0. The Morgan fingerprint density at radius 1 is 1.60 bits per heavy atom. The molecule has 1 rings (SSSR count). The van der Waals surface area contributed by atoms with E-state index < -0.39 is 0 Å². The van der Waals surface area contributed by atoms with Crippen LogP contribution in [0.25, 0.3) is 0 Å². The highest BCUT2D eigenvalue weighted by atomic mass is 16.1. The second-order valence-corrected chi connectivity index (χ2v) is 2.90. The maximum atomic E-state index is 10.3. The third kappa shape index (κ3) is 1.35. The molecule has 54 valence electrons. The van der Waals surface area contributed by atoms with Crippen LogP contribution in [0.2, 0.25) is 0 Å². The van der Waals surface area contributed by atoms with Gasteiger partial charge in [0.2, 0.25) is 0 Å². The van der Waals surface area contributed by atoms with Gasteiger partial charge in [-0.05, 0) is 23.5 Å². The molecule has 0 aromatic rings. The van der Waals surface area contributed by atoms with Crippen molar-refractivity contribution in [2.75, 3.05) is 0 Å². The van der Waals surface area contributed by atoms with Crippen LogP contribution in [0.15, 0.2) is 23.3 Å². The standard InChI is InChI=1S/C9H12O/c1-7(2)9-4-3-8(5-9)6-10/h4-7H,3H2,1-2H3. The summed E-state index contributed by atoms with van der Waals surface area (Å²) < 4.78 is 0. The average Bonchev–Trinajstić information content (AvgIpc) is 2.34. The zero-order chi connectivity index (χ0) is 7.56. The lowest BCUT2D eigenvalue weighted by atomic mass is 10.1. The Hall–Kier alpha value is -0.850. The molecule has 0 fully saturated rings. The van der Waals surface area contributed by atoms with Gasteiger partial charge in [-0.25, -0.2) is 0 Å². The van der Waals surface area contributed by atoms with Crippen LogP contribution in [0, 0.1) is 5.92 Å². The highest BCUT2D eigenvalue weighted by Crippen LogP contribution is 2.21. The largest absolute Gasteiger partial charge is 0.298 e. The zero-order valence-electron chi connectivity index (χ0n) is 6.42. The number of aldehydes is 1. The Balaban J connectivity index is 2.67. The van der Waals surface area contributed by atoms with E-state index in [9.17, 15) is 4.79 Å². The topological polar surface area (TPSA) is 17.1 Å². The van der Waals surface area contributed by atoms with E-state index in [0.29, 0.717) is 5.92 Å². The van der Waals surface area contributed by atoms with Gasteiger partial charge in [-0.2, -0.15) is 0 Å². The van der Waals surface area contributed by atoms with E-state index in [0.717, 1.165) is 18.3 Å². The van der Waals surface area contributed by atoms with Gasteiger partial charge in [0.05, 0.1) is 0 Å². The van der Waals surface area contributed by atoms with Crippen molar-refractivity contribution in [3.05, 3.63) is 23.3 Å². The number of carbonyl (C=O) groups excluding carboxylic acids is 1. The van der Waals surface area contributed by atoms with E-state index in [2.05, 4.69) is 19.9 Å². The minimum atomic E-state index is 0.553. The molecule has 0 amide bonds. The molecule has 0 atom stereocenters. The average molecular weight is 136 g/mol. The molecule has 0 aliphatic heterocycles. The van der Waals surface area contributed by atoms with E-state index in [4.69, 9.17) is 0 Å². The molecule has 1 aliphatic carbocycles. The quantitative estimate of drug-likeness (QED) is 0.531. The molecule has 0 bridgehead atoms. The van der Waals surface area contributed by atoms with Crippen molar-refractivity contribution in [3.63, 3.8) is 0 Å². The van der Waals surface area contributed by atoms with Crippen LogP contribution in [0.3, 0.4) is 0 Å². The summed E-state index contributed by atoms with van der Waals surface area (Å²) in [4.78, 5) is 10.3. The number of allylic oxidation sites excluding steroid dienone is 4. The summed E-state index contributed by atoms with van der Waals surface area (Å²) in [5, 5.41) is 0. The maximum Gasteiger partial charge on any atom is 0.146 e. The highest BCUT2D eigenvalue weighted by molar-refractivity contribution is 5.76. The van der Waals surface area contributed by atoms with Crippen LogP contribution in [0.1, 0.15) is 20.3 Å². The minimum absolute atomic E-state index is 0.553. The zero-order valence-corrected chi connectivity index (χ0v) is 6.42. The molecule has 0 saturated heterocycles. The molecule has 0 saturated carbocycles. The van der Waals surface area contributed by atoms with Crippen molar-refractivity contribution in [2.24, 2.45) is 5.92 Å². The van der Waals surface area contributed by atoms with Crippen LogP contribution in [-0.2, 0) is 4.79 Å². The molecule has 0 aromatic carbocycles. The third-order valence-corrected chi connectivity index (χ3v) is 1.74. The first-order chi connectivity index (χ1) is 4.74. The molecular weight excluding hydrogens is 124 g/mol. The predicted molar refractivity (Wildman–Crippen MR) is 41.7 cm³/mol. The number of carbonyl (C=O) groups is 1. The summed E-state index contributed by atoms with van der Waals surface area (Å²) in [5.74, 6) is 0.553. The SMILES string of the molecule is CC(C)C1=CCC(C=O)=C1. The van der Waals surface area contributed by atoms with Crippen molar-refractivity contribution < 1.29 is 4.79 Å². The molecular formula is C9H12O. The number of hydrogen-bond donors (Lipinski definition) is 0. The first-order valence-corrected chi connectivity index (χ1v) is 3.60. The summed E-state index contributed by atoms with van der Waals surface area (Å²) in [6, 6.07) is 0. The first-order valence-electron chi connectivity index (χ1n) is 3.60.